The number of nitrogens with two attached hydrogens (primary N) is 1. The van der Waals surface area contributed by atoms with Crippen molar-refractivity contribution in [3.63, 3.8) is 0 Å². The Kier molecular flexibility index (Phi) is 37.6. The molecule has 5 fully saturated rings. The van der Waals surface area contributed by atoms with Crippen LogP contribution in [0.15, 0.2) is 182 Å². The van der Waals surface area contributed by atoms with Crippen molar-refractivity contribution in [2.45, 2.75) is 241 Å². The van der Waals surface area contributed by atoms with Crippen molar-refractivity contribution in [1.29, 1.82) is 0 Å². The number of ether oxygens (including phenoxy) is 20. The molecule has 5 saturated heterocycles. The van der Waals surface area contributed by atoms with Gasteiger partial charge in [-0.05, 0) is 72.1 Å². The monoisotopic (exact) mass is 1820 g/mol. The van der Waals surface area contributed by atoms with Crippen LogP contribution in [0, 0.1) is 41.4 Å². The van der Waals surface area contributed by atoms with Crippen LogP contribution in [-0.4, -0.2) is 209 Å². The first-order valence-electron chi connectivity index (χ1n) is 43.2. The number of Topliss-reactive ketones (excluding diaryl/α,β-unsaturated/α-hetero) is 1. The van der Waals surface area contributed by atoms with E-state index in [1.807, 2.05) is 172 Å². The third-order valence-corrected chi connectivity index (χ3v) is 24.2. The third-order valence-electron chi connectivity index (χ3n) is 23.9. The van der Waals surface area contributed by atoms with Crippen molar-refractivity contribution >= 4 is 76.6 Å². The van der Waals surface area contributed by atoms with E-state index >= 15 is 14.4 Å². The van der Waals surface area contributed by atoms with E-state index in [9.17, 15) is 19.2 Å². The van der Waals surface area contributed by atoms with Crippen molar-refractivity contribution in [3.05, 3.63) is 215 Å². The number of halogens is 3. The lowest BCUT2D eigenvalue weighted by molar-refractivity contribution is -0.372. The number of ketones is 1. The largest absolute Gasteiger partial charge is 0.465 e. The molecule has 0 bridgehead atoms. The molecule has 6 aromatic rings. The molecule has 692 valence electrons. The van der Waals surface area contributed by atoms with Gasteiger partial charge in [0.15, 0.2) is 31.3 Å². The first kappa shape index (κ1) is 99.3. The maximum atomic E-state index is 15.2. The molecule has 0 aromatic heterocycles. The number of alkyl carbamates (subject to hydrolysis) is 1. The fraction of sp³-hybridized carbons (Fsp3) is 0.547. The Hall–Kier alpha value is -8.28. The molecule has 0 spiro atoms. The average molecular weight is 1830 g/mol. The number of amides is 2. The number of aryl methyl sites for hydroxylation is 1. The minimum Gasteiger partial charge on any atom is -0.465 e. The van der Waals surface area contributed by atoms with Crippen molar-refractivity contribution in [2.24, 2.45) is 47.2 Å². The van der Waals surface area contributed by atoms with Crippen LogP contribution in [0.4, 0.5) is 9.59 Å². The van der Waals surface area contributed by atoms with Gasteiger partial charge in [0.25, 0.3) is 5.79 Å². The Bertz CT molecular complexity index is 4400. The maximum absolute atomic E-state index is 15.2. The zero-order valence-electron chi connectivity index (χ0n) is 73.4. The van der Waals surface area contributed by atoms with Crippen LogP contribution in [0.5, 0.6) is 0 Å². The van der Waals surface area contributed by atoms with Crippen LogP contribution < -0.4 is 11.1 Å². The highest BCUT2D eigenvalue weighted by Gasteiger charge is 2.61. The molecule has 10 unspecified atom stereocenters. The van der Waals surface area contributed by atoms with Crippen LogP contribution in [0.2, 0.25) is 0 Å². The number of alkyl halides is 3. The Morgan fingerprint density at radius 1 is 0.512 bits per heavy atom. The first-order chi connectivity index (χ1) is 61.0. The number of rotatable bonds is 41. The maximum Gasteiger partial charge on any atom is 0.407 e. The van der Waals surface area contributed by atoms with Crippen LogP contribution >= 0.6 is 34.8 Å². The van der Waals surface area contributed by atoms with E-state index in [2.05, 4.69) is 5.32 Å². The van der Waals surface area contributed by atoms with Gasteiger partial charge in [-0.2, -0.15) is 0 Å². The molecule has 29 nitrogen and oxygen atoms in total. The number of hydrogen-bond donors (Lipinski definition) is 2. The van der Waals surface area contributed by atoms with Crippen LogP contribution in [-0.2, 0) is 147 Å². The van der Waals surface area contributed by atoms with Gasteiger partial charge in [0.1, 0.15) is 55.6 Å². The number of benzene rings is 6. The summed E-state index contributed by atoms with van der Waals surface area (Å²) in [5.41, 5.74) is 10.4. The standard InChI is InChI=1S/C95H119Cl3N2O27/c1-12-71(117-64(10)103)58(4)81-77(62(8)101)72(122-92(99)106)46-94(127-81,91(105)108-11)116-54-74-59(5)82(78(100-93(107)115-55-95(96,97)98)88(118-74)126-83-60(6)73(51-109-47-66-34-21-14-22-35-66)119-89(85(83)114-50-69-40-27-17-28-41-69)111-45-31-42-65-32-19-13-20-33-65)125-90-84(123-86(104)70-43-29-18-30-44-70)61(7)80(75(121-90)52-110-48-67-36-23-15-24-37-67)124-87-57(3)56(2)79(76(120-87)53-112-63(9)102)113-49-68-38-25-16-26-39-68/h13-30,32-41,43-44,56-61,71-85,87-90H,12,31,42,45-55H2,1-11H3,(H2,99,106)(H,100,107)/t56-,57+,58-,59-,60+,61+,71-,72-,73?,74?,75?,76?,77-,78?,79+,80?,81?,82+,83+,84?,85?,87?,88+,89-,90+,94-/m1/s1. The van der Waals surface area contributed by atoms with Crippen molar-refractivity contribution in [1.82, 2.24) is 5.32 Å². The normalized spacial score (nSPS) is 30.1. The van der Waals surface area contributed by atoms with Gasteiger partial charge in [-0.3, -0.25) is 14.4 Å². The predicted octanol–water partition coefficient (Wildman–Crippen LogP) is 14.1. The molecule has 5 aliphatic heterocycles. The summed E-state index contributed by atoms with van der Waals surface area (Å²) in [6.45, 7) is 15.1. The summed E-state index contributed by atoms with van der Waals surface area (Å²) >= 11 is 19.1. The molecule has 3 N–H and O–H groups in total. The SMILES string of the molecule is CC[C@@H](OC(C)=O)[C@@H](C)C1O[C@@](OCC2O[C@@H](O[C@@H]3C(OCc4ccccc4)[C@H](OCCCc4ccccc4)OC(COCc4ccccc4)[C@@H]3C)C(NC(=O)OCC(Cl)(Cl)Cl)[C@@H](O[C@@H]3OC(COCc4ccccc4)C(OC4OC(COC(C)=O)[C@@H](OCc5ccccc5)[C@H](C)[C@@H]4C)[C@H](C)C3OC(=O)c3ccccc3)[C@@H]2C)(C(=O)OC)C[C@@H](OC(N)=O)[C@H]1C(C)=O. The van der Waals surface area contributed by atoms with Gasteiger partial charge < -0.3 is 106 Å². The molecule has 32 heteroatoms. The van der Waals surface area contributed by atoms with E-state index in [0.717, 1.165) is 34.9 Å². The van der Waals surface area contributed by atoms with Crippen LogP contribution in [0.25, 0.3) is 0 Å². The molecule has 5 aliphatic rings. The first-order valence-corrected chi connectivity index (χ1v) is 44.3. The molecule has 11 rings (SSSR count). The van der Waals surface area contributed by atoms with Crippen molar-refractivity contribution < 1.29 is 128 Å². The highest BCUT2D eigenvalue weighted by atomic mass is 35.6. The van der Waals surface area contributed by atoms with E-state index in [1.54, 1.807) is 58.0 Å². The summed E-state index contributed by atoms with van der Waals surface area (Å²) in [5, 5.41) is 2.96. The lowest BCUT2D eigenvalue weighted by atomic mass is 9.77. The summed E-state index contributed by atoms with van der Waals surface area (Å²) in [6, 6.07) is 54.5. The van der Waals surface area contributed by atoms with E-state index < -0.39 is 217 Å². The average Bonchev–Trinajstić information content (AvgIpc) is 0.752. The second kappa shape index (κ2) is 48.0. The number of nitrogens with one attached hydrogen (secondary N) is 1. The van der Waals surface area contributed by atoms with Gasteiger partial charge in [0.05, 0.1) is 121 Å². The molecule has 0 saturated carbocycles. The Morgan fingerprint density at radius 2 is 1.01 bits per heavy atom. The summed E-state index contributed by atoms with van der Waals surface area (Å²) in [5.74, 6) is -12.3. The number of esters is 4. The minimum atomic E-state index is -2.63. The topological polar surface area (TPSA) is 342 Å². The Morgan fingerprint density at radius 3 is 1.55 bits per heavy atom. The second-order valence-corrected chi connectivity index (χ2v) is 35.5. The quantitative estimate of drug-likeness (QED) is 0.0156. The van der Waals surface area contributed by atoms with E-state index in [1.165, 1.54) is 20.8 Å². The molecule has 127 heavy (non-hydrogen) atoms. The Balaban J connectivity index is 1.06. The summed E-state index contributed by atoms with van der Waals surface area (Å²) in [4.78, 5) is 98.3. The second-order valence-electron chi connectivity index (χ2n) is 33.0. The predicted molar refractivity (Wildman–Crippen MR) is 463 cm³/mol. The van der Waals surface area contributed by atoms with Crippen LogP contribution in [0.3, 0.4) is 0 Å². The Labute approximate surface area is 756 Å². The van der Waals surface area contributed by atoms with E-state index in [4.69, 9.17) is 135 Å². The number of methoxy groups -OCH3 is 1. The van der Waals surface area contributed by atoms with Crippen molar-refractivity contribution in [2.75, 3.05) is 46.8 Å². The molecule has 5 heterocycles. The lowest BCUT2D eigenvalue weighted by Crippen LogP contribution is -2.68. The van der Waals surface area contributed by atoms with Gasteiger partial charge in [-0.1, -0.05) is 253 Å². The van der Waals surface area contributed by atoms with Gasteiger partial charge in [-0.15, -0.1) is 0 Å². The molecule has 0 aliphatic carbocycles. The number of carbonyl (C=O) groups is 7. The van der Waals surface area contributed by atoms with E-state index in [-0.39, 0.29) is 70.8 Å². The van der Waals surface area contributed by atoms with Crippen molar-refractivity contribution in [3.8, 4) is 0 Å². The zero-order valence-corrected chi connectivity index (χ0v) is 75.7. The number of hydrogen-bond acceptors (Lipinski definition) is 27. The number of carbonyl (C=O) groups excluding carboxylic acids is 7. The summed E-state index contributed by atoms with van der Waals surface area (Å²) < 4.78 is 132. The minimum absolute atomic E-state index is 0.0130. The number of primary amides is 1. The van der Waals surface area contributed by atoms with Gasteiger partial charge in [0.2, 0.25) is 3.79 Å². The third kappa shape index (κ3) is 27.9. The highest BCUT2D eigenvalue weighted by molar-refractivity contribution is 6.67. The molecule has 26 atom stereocenters. The molecular weight excluding hydrogens is 1710 g/mol. The lowest BCUT2D eigenvalue weighted by Gasteiger charge is -2.52. The van der Waals surface area contributed by atoms with Gasteiger partial charge in [-0.25, -0.2) is 19.2 Å². The summed E-state index contributed by atoms with van der Waals surface area (Å²) in [7, 11) is 1.08. The molecule has 2 amide bonds. The van der Waals surface area contributed by atoms with Gasteiger partial charge in [0, 0.05) is 43.4 Å². The fourth-order valence-corrected chi connectivity index (χ4v) is 17.1. The van der Waals surface area contributed by atoms with Crippen LogP contribution in [0.1, 0.15) is 127 Å². The smallest absolute Gasteiger partial charge is 0.407 e. The molecule has 6 aromatic carbocycles. The highest BCUT2D eigenvalue weighted by Crippen LogP contribution is 2.46. The molecule has 0 radical (unpaired) electrons. The van der Waals surface area contributed by atoms with E-state index in [0.29, 0.717) is 12.8 Å². The summed E-state index contributed by atoms with van der Waals surface area (Å²) in [6.07, 6.45) is -23.1. The zero-order chi connectivity index (χ0) is 90.9. The molecular formula is C95H119Cl3N2O27. The van der Waals surface area contributed by atoms with Gasteiger partial charge >= 0.3 is 36.1 Å². The fourth-order valence-electron chi connectivity index (χ4n) is 16.9.